The molecule has 3 N–H and O–H groups in total. The number of anilines is 1. The van der Waals surface area contributed by atoms with Crippen LogP contribution in [0.25, 0.3) is 11.1 Å². The van der Waals surface area contributed by atoms with Gasteiger partial charge in [0.05, 0.1) is 30.2 Å². The number of fused-ring (bicyclic) bond motifs is 1. The van der Waals surface area contributed by atoms with Crippen molar-refractivity contribution in [2.75, 3.05) is 25.9 Å². The molecule has 2 aromatic heterocycles. The molecule has 2 aliphatic rings. The maximum Gasteiger partial charge on any atom is 0.317 e. The highest BCUT2D eigenvalue weighted by atomic mass is 19.1. The second-order valence-electron chi connectivity index (χ2n) is 8.79. The number of urea groups is 1. The Morgan fingerprint density at radius 2 is 2.09 bits per heavy atom. The molecule has 5 rings (SSSR count). The molecule has 1 aliphatic carbocycles. The number of nitrogens with one attached hydrogen (secondary N) is 1. The molecule has 10 heteroatoms. The van der Waals surface area contributed by atoms with Crippen LogP contribution >= 0.6 is 0 Å². The summed E-state index contributed by atoms with van der Waals surface area (Å²) in [5.41, 5.74) is 11.6. The number of nitrogens with two attached hydrogens (primary N) is 1. The van der Waals surface area contributed by atoms with Crippen molar-refractivity contribution in [3.63, 3.8) is 0 Å². The molecular formula is C25H26FN7O2. The van der Waals surface area contributed by atoms with E-state index in [1.165, 1.54) is 12.1 Å². The van der Waals surface area contributed by atoms with Crippen molar-refractivity contribution in [2.24, 2.45) is 5.16 Å². The highest BCUT2D eigenvalue weighted by Crippen LogP contribution is 2.38. The Labute approximate surface area is 202 Å². The molecule has 1 unspecified atom stereocenters. The average molecular weight is 476 g/mol. The summed E-state index contributed by atoms with van der Waals surface area (Å²) in [4.78, 5) is 32.2. The molecule has 3 aromatic rings. The van der Waals surface area contributed by atoms with Gasteiger partial charge in [0.1, 0.15) is 5.82 Å². The second-order valence-corrected chi connectivity index (χ2v) is 8.79. The van der Waals surface area contributed by atoms with E-state index in [1.54, 1.807) is 24.3 Å². The van der Waals surface area contributed by atoms with Crippen LogP contribution in [0.1, 0.15) is 34.9 Å². The molecule has 1 aromatic carbocycles. The van der Waals surface area contributed by atoms with Gasteiger partial charge in [-0.05, 0) is 48.6 Å². The Balaban J connectivity index is 1.48. The average Bonchev–Trinajstić information content (AvgIpc) is 2.82. The van der Waals surface area contributed by atoms with E-state index in [9.17, 15) is 9.18 Å². The highest BCUT2D eigenvalue weighted by Gasteiger charge is 2.34. The number of pyridine rings is 1. The van der Waals surface area contributed by atoms with Gasteiger partial charge in [0, 0.05) is 37.0 Å². The maximum atomic E-state index is 14.3. The monoisotopic (exact) mass is 475 g/mol. The van der Waals surface area contributed by atoms with E-state index < -0.39 is 0 Å². The first kappa shape index (κ1) is 22.7. The van der Waals surface area contributed by atoms with Crippen LogP contribution in [0, 0.1) is 12.7 Å². The lowest BCUT2D eigenvalue weighted by Gasteiger charge is -2.37. The van der Waals surface area contributed by atoms with Crippen molar-refractivity contribution >= 4 is 17.7 Å². The van der Waals surface area contributed by atoms with Gasteiger partial charge in [0.25, 0.3) is 0 Å². The molecule has 0 spiro atoms. The summed E-state index contributed by atoms with van der Waals surface area (Å²) >= 11 is 0. The smallest absolute Gasteiger partial charge is 0.317 e. The van der Waals surface area contributed by atoms with E-state index in [0.717, 1.165) is 33.6 Å². The fourth-order valence-corrected chi connectivity index (χ4v) is 4.75. The Morgan fingerprint density at radius 1 is 1.26 bits per heavy atom. The van der Waals surface area contributed by atoms with Gasteiger partial charge in [0.15, 0.2) is 6.10 Å². The third-order valence-electron chi connectivity index (χ3n) is 6.44. The van der Waals surface area contributed by atoms with Gasteiger partial charge in [-0.3, -0.25) is 4.98 Å². The molecule has 1 fully saturated rings. The Kier molecular flexibility index (Phi) is 6.02. The third kappa shape index (κ3) is 4.51. The standard InChI is InChI=1S/C25H26FN7O2/c1-14-23-21(31-24(27)30-14)8-16(9-22(23)32-35-18-12-33(13-18)25(34)28-2)19-6-5-17(26)10-20(19)15-4-3-7-29-11-15/h3-7,10-11,16,18H,8-9,12-13H2,1-2H3,(H,28,34)(H2,27,30,31). The van der Waals surface area contributed by atoms with Crippen molar-refractivity contribution in [2.45, 2.75) is 31.8 Å². The predicted molar refractivity (Wildman–Crippen MR) is 129 cm³/mol. The van der Waals surface area contributed by atoms with Crippen LogP contribution in [-0.2, 0) is 11.3 Å². The van der Waals surface area contributed by atoms with Gasteiger partial charge < -0.3 is 20.8 Å². The van der Waals surface area contributed by atoms with Crippen molar-refractivity contribution in [3.05, 3.63) is 71.1 Å². The van der Waals surface area contributed by atoms with Crippen LogP contribution in [0.3, 0.4) is 0 Å². The SMILES string of the molecule is CNC(=O)N1CC(ON=C2CC(c3ccc(F)cc3-c3cccnc3)Cc3nc(N)nc(C)c32)C1. The number of oxime groups is 1. The van der Waals surface area contributed by atoms with Crippen LogP contribution in [0.2, 0.25) is 0 Å². The molecule has 3 heterocycles. The number of halogens is 1. The number of aromatic nitrogens is 3. The number of hydrogen-bond acceptors (Lipinski definition) is 7. The third-order valence-corrected chi connectivity index (χ3v) is 6.44. The zero-order valence-corrected chi connectivity index (χ0v) is 19.5. The van der Waals surface area contributed by atoms with E-state index in [0.29, 0.717) is 31.6 Å². The normalized spacial score (nSPS) is 18.7. The molecule has 0 bridgehead atoms. The fraction of sp³-hybridized carbons (Fsp3) is 0.320. The van der Waals surface area contributed by atoms with Crippen LogP contribution in [0.15, 0.2) is 47.9 Å². The lowest BCUT2D eigenvalue weighted by molar-refractivity contribution is -0.0331. The summed E-state index contributed by atoms with van der Waals surface area (Å²) in [7, 11) is 1.60. The summed E-state index contributed by atoms with van der Waals surface area (Å²) in [5, 5.41) is 7.10. The van der Waals surface area contributed by atoms with Gasteiger partial charge in [-0.1, -0.05) is 17.3 Å². The van der Waals surface area contributed by atoms with E-state index in [4.69, 9.17) is 10.6 Å². The lowest BCUT2D eigenvalue weighted by atomic mass is 9.78. The van der Waals surface area contributed by atoms with E-state index in [-0.39, 0.29) is 29.8 Å². The quantitative estimate of drug-likeness (QED) is 0.560. The maximum absolute atomic E-state index is 14.3. The molecular weight excluding hydrogens is 449 g/mol. The van der Waals surface area contributed by atoms with Crippen molar-refractivity contribution in [3.8, 4) is 11.1 Å². The predicted octanol–water partition coefficient (Wildman–Crippen LogP) is 3.04. The lowest BCUT2D eigenvalue weighted by Crippen LogP contribution is -2.56. The summed E-state index contributed by atoms with van der Waals surface area (Å²) < 4.78 is 14.3. The molecule has 9 nitrogen and oxygen atoms in total. The fourth-order valence-electron chi connectivity index (χ4n) is 4.75. The Bertz CT molecular complexity index is 1290. The van der Waals surface area contributed by atoms with Gasteiger partial charge in [-0.25, -0.2) is 19.2 Å². The number of rotatable bonds is 4. The number of carbonyl (C=O) groups excluding carboxylic acids is 1. The van der Waals surface area contributed by atoms with Gasteiger partial charge in [-0.15, -0.1) is 0 Å². The summed E-state index contributed by atoms with van der Waals surface area (Å²) in [6.07, 6.45) is 4.40. The van der Waals surface area contributed by atoms with Gasteiger partial charge >= 0.3 is 6.03 Å². The number of nitrogen functional groups attached to an aromatic ring is 1. The van der Waals surface area contributed by atoms with E-state index in [1.807, 2.05) is 25.1 Å². The number of likely N-dealkylation sites (tertiary alicyclic amines) is 1. The Morgan fingerprint density at radius 3 is 2.83 bits per heavy atom. The molecule has 180 valence electrons. The molecule has 0 saturated carbocycles. The zero-order chi connectivity index (χ0) is 24.5. The van der Waals surface area contributed by atoms with Gasteiger partial charge in [0.2, 0.25) is 5.95 Å². The van der Waals surface area contributed by atoms with Crippen LogP contribution in [0.5, 0.6) is 0 Å². The molecule has 1 saturated heterocycles. The number of hydrogen-bond donors (Lipinski definition) is 2. The van der Waals surface area contributed by atoms with E-state index >= 15 is 0 Å². The van der Waals surface area contributed by atoms with Crippen molar-refractivity contribution in [1.82, 2.24) is 25.2 Å². The minimum atomic E-state index is -0.311. The zero-order valence-electron chi connectivity index (χ0n) is 19.5. The Hall–Kier alpha value is -4.08. The van der Waals surface area contributed by atoms with Crippen molar-refractivity contribution in [1.29, 1.82) is 0 Å². The number of amides is 2. The first-order valence-electron chi connectivity index (χ1n) is 11.5. The minimum absolute atomic E-state index is 0.0295. The number of nitrogens with zero attached hydrogens (tertiary/aromatic N) is 5. The number of carbonyl (C=O) groups is 1. The largest absolute Gasteiger partial charge is 0.388 e. The summed E-state index contributed by atoms with van der Waals surface area (Å²) in [6, 6.07) is 8.43. The van der Waals surface area contributed by atoms with Crippen LogP contribution in [-0.4, -0.2) is 57.8 Å². The minimum Gasteiger partial charge on any atom is -0.388 e. The topological polar surface area (TPSA) is 119 Å². The van der Waals surface area contributed by atoms with Crippen LogP contribution < -0.4 is 11.1 Å². The first-order chi connectivity index (χ1) is 16.9. The van der Waals surface area contributed by atoms with Gasteiger partial charge in [-0.2, -0.15) is 0 Å². The highest BCUT2D eigenvalue weighted by molar-refractivity contribution is 6.03. The number of benzene rings is 1. The summed E-state index contributed by atoms with van der Waals surface area (Å²) in [6.45, 7) is 2.81. The van der Waals surface area contributed by atoms with Crippen molar-refractivity contribution < 1.29 is 14.0 Å². The van der Waals surface area contributed by atoms with Crippen LogP contribution in [0.4, 0.5) is 15.1 Å². The second kappa shape index (κ2) is 9.28. The molecule has 35 heavy (non-hydrogen) atoms. The number of aryl methyl sites for hydroxylation is 1. The molecule has 2 amide bonds. The molecule has 0 radical (unpaired) electrons. The molecule has 1 atom stereocenters. The summed E-state index contributed by atoms with van der Waals surface area (Å²) in [5.74, 6) is -0.138. The van der Waals surface area contributed by atoms with E-state index in [2.05, 4.69) is 25.4 Å². The first-order valence-corrected chi connectivity index (χ1v) is 11.5. The molecule has 1 aliphatic heterocycles.